The van der Waals surface area contributed by atoms with Crippen molar-refractivity contribution >= 4 is 12.0 Å². The Labute approximate surface area is 77.0 Å². The van der Waals surface area contributed by atoms with Crippen LogP contribution in [0.1, 0.15) is 13.3 Å². The molecule has 1 N–H and O–H groups in total. The lowest BCUT2D eigenvalue weighted by atomic mass is 10.3. The van der Waals surface area contributed by atoms with E-state index in [0.717, 1.165) is 6.42 Å². The number of hydrogen-bond acceptors (Lipinski definition) is 3. The number of amides is 2. The molecular formula is C8H14N2O3. The van der Waals surface area contributed by atoms with Crippen molar-refractivity contribution in [3.05, 3.63) is 0 Å². The fourth-order valence-electron chi connectivity index (χ4n) is 1.26. The van der Waals surface area contributed by atoms with Crippen molar-refractivity contribution in [2.75, 3.05) is 20.1 Å². The van der Waals surface area contributed by atoms with E-state index in [2.05, 4.69) is 5.32 Å². The first-order valence-electron chi connectivity index (χ1n) is 4.36. The number of rotatable bonds is 3. The van der Waals surface area contributed by atoms with Gasteiger partial charge in [0.2, 0.25) is 0 Å². The smallest absolute Gasteiger partial charge is 0.410 e. The lowest BCUT2D eigenvalue weighted by Crippen LogP contribution is -2.35. The zero-order chi connectivity index (χ0) is 9.84. The van der Waals surface area contributed by atoms with E-state index in [1.54, 1.807) is 4.90 Å². The van der Waals surface area contributed by atoms with Crippen molar-refractivity contribution in [1.82, 2.24) is 10.2 Å². The largest absolute Gasteiger partial charge is 0.434 e. The Kier molecular flexibility index (Phi) is 3.11. The van der Waals surface area contributed by atoms with E-state index in [1.165, 1.54) is 7.05 Å². The average Bonchev–Trinajstić information content (AvgIpc) is 2.47. The molecule has 0 spiro atoms. The molecule has 1 aliphatic heterocycles. The third-order valence-corrected chi connectivity index (χ3v) is 1.92. The monoisotopic (exact) mass is 186 g/mol. The third kappa shape index (κ3) is 2.11. The van der Waals surface area contributed by atoms with Crippen molar-refractivity contribution < 1.29 is 14.3 Å². The molecule has 1 heterocycles. The number of hydrogen-bond donors (Lipinski definition) is 1. The van der Waals surface area contributed by atoms with Gasteiger partial charge in [0, 0.05) is 13.6 Å². The highest BCUT2D eigenvalue weighted by molar-refractivity contribution is 5.86. The molecule has 0 aromatic heterocycles. The molecule has 1 aliphatic rings. The van der Waals surface area contributed by atoms with Crippen LogP contribution in [0.2, 0.25) is 0 Å². The Hall–Kier alpha value is -1.26. The highest BCUT2D eigenvalue weighted by atomic mass is 16.6. The molecule has 13 heavy (non-hydrogen) atoms. The van der Waals surface area contributed by atoms with Gasteiger partial charge in [-0.1, -0.05) is 6.92 Å². The normalized spacial score (nSPS) is 21.5. The molecule has 5 heteroatoms. The summed E-state index contributed by atoms with van der Waals surface area (Å²) in [6.07, 6.45) is -0.158. The fraction of sp³-hybridized carbons (Fsp3) is 0.750. The van der Waals surface area contributed by atoms with E-state index < -0.39 is 12.2 Å². The van der Waals surface area contributed by atoms with Crippen LogP contribution in [-0.2, 0) is 9.53 Å². The summed E-state index contributed by atoms with van der Waals surface area (Å²) in [6.45, 7) is 2.99. The molecule has 0 bridgehead atoms. The van der Waals surface area contributed by atoms with Gasteiger partial charge in [0.1, 0.15) is 0 Å². The Balaban J connectivity index is 2.49. The third-order valence-electron chi connectivity index (χ3n) is 1.92. The maximum atomic E-state index is 11.1. The molecule has 1 rings (SSSR count). The summed E-state index contributed by atoms with van der Waals surface area (Å²) >= 11 is 0. The van der Waals surface area contributed by atoms with E-state index in [9.17, 15) is 9.59 Å². The van der Waals surface area contributed by atoms with Crippen LogP contribution in [0.5, 0.6) is 0 Å². The molecule has 0 radical (unpaired) electrons. The van der Waals surface area contributed by atoms with Crippen molar-refractivity contribution in [3.8, 4) is 0 Å². The van der Waals surface area contributed by atoms with Gasteiger partial charge >= 0.3 is 6.09 Å². The summed E-state index contributed by atoms with van der Waals surface area (Å²) in [5.41, 5.74) is 0. The second kappa shape index (κ2) is 4.11. The van der Waals surface area contributed by atoms with Gasteiger partial charge in [0.05, 0.1) is 6.54 Å². The molecule has 1 fully saturated rings. The van der Waals surface area contributed by atoms with Crippen molar-refractivity contribution in [3.63, 3.8) is 0 Å². The maximum Gasteiger partial charge on any atom is 0.410 e. The molecule has 1 saturated heterocycles. The molecular weight excluding hydrogens is 172 g/mol. The highest BCUT2D eigenvalue weighted by Gasteiger charge is 2.34. The van der Waals surface area contributed by atoms with Crippen LogP contribution in [0.3, 0.4) is 0 Å². The molecule has 0 aromatic carbocycles. The Bertz CT molecular complexity index is 217. The molecule has 1 unspecified atom stereocenters. The lowest BCUT2D eigenvalue weighted by molar-refractivity contribution is -0.127. The molecule has 2 amide bonds. The summed E-state index contributed by atoms with van der Waals surface area (Å²) < 4.78 is 4.85. The zero-order valence-electron chi connectivity index (χ0n) is 7.87. The number of nitrogens with zero attached hydrogens (tertiary/aromatic N) is 1. The summed E-state index contributed by atoms with van der Waals surface area (Å²) in [5, 5.41) is 2.45. The van der Waals surface area contributed by atoms with Crippen LogP contribution in [0.4, 0.5) is 4.79 Å². The van der Waals surface area contributed by atoms with E-state index in [0.29, 0.717) is 13.1 Å². The molecule has 0 saturated carbocycles. The van der Waals surface area contributed by atoms with Gasteiger partial charge in [-0.2, -0.15) is 0 Å². The van der Waals surface area contributed by atoms with Gasteiger partial charge in [-0.05, 0) is 6.42 Å². The number of cyclic esters (lactones) is 1. The standard InChI is InChI=1S/C8H14N2O3/c1-3-4-10-5-6(7(11)9-2)13-8(10)12/h6H,3-5H2,1-2H3,(H,9,11). The highest BCUT2D eigenvalue weighted by Crippen LogP contribution is 2.11. The van der Waals surface area contributed by atoms with Crippen LogP contribution >= 0.6 is 0 Å². The van der Waals surface area contributed by atoms with E-state index in [4.69, 9.17) is 4.74 Å². The first-order chi connectivity index (χ1) is 6.19. The lowest BCUT2D eigenvalue weighted by Gasteiger charge is -2.09. The SMILES string of the molecule is CCCN1CC(C(=O)NC)OC1=O. The second-order valence-corrected chi connectivity index (χ2v) is 2.93. The van der Waals surface area contributed by atoms with Gasteiger partial charge in [0.15, 0.2) is 6.10 Å². The Morgan fingerprint density at radius 2 is 2.46 bits per heavy atom. The van der Waals surface area contributed by atoms with Crippen LogP contribution in [0.25, 0.3) is 0 Å². The minimum Gasteiger partial charge on any atom is -0.434 e. The Morgan fingerprint density at radius 1 is 1.77 bits per heavy atom. The second-order valence-electron chi connectivity index (χ2n) is 2.93. The van der Waals surface area contributed by atoms with Crippen LogP contribution in [-0.4, -0.2) is 43.1 Å². The van der Waals surface area contributed by atoms with Gasteiger partial charge in [-0.15, -0.1) is 0 Å². The quantitative estimate of drug-likeness (QED) is 0.673. The predicted molar refractivity (Wildman–Crippen MR) is 46.2 cm³/mol. The molecule has 1 atom stereocenters. The molecule has 0 aliphatic carbocycles. The minimum absolute atomic E-state index is 0.244. The first-order valence-corrected chi connectivity index (χ1v) is 4.36. The summed E-state index contributed by atoms with van der Waals surface area (Å²) in [7, 11) is 1.53. The van der Waals surface area contributed by atoms with Gasteiger partial charge < -0.3 is 15.0 Å². The minimum atomic E-state index is -0.635. The predicted octanol–water partition coefficient (Wildman–Crippen LogP) is -0.0368. The Morgan fingerprint density at radius 3 is 3.00 bits per heavy atom. The van der Waals surface area contributed by atoms with Crippen molar-refractivity contribution in [1.29, 1.82) is 0 Å². The van der Waals surface area contributed by atoms with E-state index >= 15 is 0 Å². The van der Waals surface area contributed by atoms with Crippen LogP contribution in [0, 0.1) is 0 Å². The number of ether oxygens (including phenoxy) is 1. The number of carbonyl (C=O) groups is 2. The molecule has 0 aromatic rings. The zero-order valence-corrected chi connectivity index (χ0v) is 7.87. The average molecular weight is 186 g/mol. The number of carbonyl (C=O) groups excluding carboxylic acids is 2. The summed E-state index contributed by atoms with van der Waals surface area (Å²) in [5.74, 6) is -0.244. The first kappa shape index (κ1) is 9.83. The van der Waals surface area contributed by atoms with Crippen molar-refractivity contribution in [2.45, 2.75) is 19.4 Å². The van der Waals surface area contributed by atoms with Crippen LogP contribution in [0.15, 0.2) is 0 Å². The summed E-state index contributed by atoms with van der Waals surface area (Å²) in [6, 6.07) is 0. The fourth-order valence-corrected chi connectivity index (χ4v) is 1.26. The number of likely N-dealkylation sites (N-methyl/N-ethyl adjacent to an activating group) is 1. The summed E-state index contributed by atoms with van der Waals surface area (Å²) in [4.78, 5) is 23.8. The molecule has 74 valence electrons. The van der Waals surface area contributed by atoms with Gasteiger partial charge in [-0.3, -0.25) is 4.79 Å². The van der Waals surface area contributed by atoms with E-state index in [1.807, 2.05) is 6.92 Å². The van der Waals surface area contributed by atoms with Crippen molar-refractivity contribution in [2.24, 2.45) is 0 Å². The van der Waals surface area contributed by atoms with E-state index in [-0.39, 0.29) is 5.91 Å². The number of nitrogens with one attached hydrogen (secondary N) is 1. The van der Waals surface area contributed by atoms with Gasteiger partial charge in [0.25, 0.3) is 5.91 Å². The topological polar surface area (TPSA) is 58.6 Å². The maximum absolute atomic E-state index is 11.1. The molecule has 5 nitrogen and oxygen atoms in total. The van der Waals surface area contributed by atoms with Gasteiger partial charge in [-0.25, -0.2) is 4.79 Å². The van der Waals surface area contributed by atoms with Crippen LogP contribution < -0.4 is 5.32 Å².